The van der Waals surface area contributed by atoms with Gasteiger partial charge >= 0.3 is 0 Å². The maximum atomic E-state index is 6.48. The Morgan fingerprint density at radius 3 is 1.95 bits per heavy atom. The van der Waals surface area contributed by atoms with Crippen molar-refractivity contribution in [3.8, 4) is 22.4 Å². The van der Waals surface area contributed by atoms with Crippen LogP contribution < -0.4 is 4.57 Å². The highest BCUT2D eigenvalue weighted by atomic mass is 16.3. The Bertz CT molecular complexity index is 2260. The standard InChI is InChI=1S/C40H31N2O/c1-22-13-16-31-32-17-14-24(3)41-40(32)43-39(31)36(22)35-20-33(23(2)21-42(35)4)25-15-18-30-34(19-25)38-28-11-7-5-9-26(28)37(30)27-10-6-8-12-29(27)38/h5-21,37-38H,1-4H3/q+1. The fourth-order valence-corrected chi connectivity index (χ4v) is 7.91. The van der Waals surface area contributed by atoms with Crippen LogP contribution in [0.4, 0.5) is 0 Å². The summed E-state index contributed by atoms with van der Waals surface area (Å²) in [6.07, 6.45) is 2.25. The molecule has 0 saturated carbocycles. The van der Waals surface area contributed by atoms with E-state index in [1.54, 1.807) is 0 Å². The third-order valence-corrected chi connectivity index (χ3v) is 9.84. The molecular weight excluding hydrogens is 524 g/mol. The van der Waals surface area contributed by atoms with Crippen LogP contribution in [0.15, 0.2) is 108 Å². The van der Waals surface area contributed by atoms with Gasteiger partial charge in [0.25, 0.3) is 0 Å². The van der Waals surface area contributed by atoms with E-state index in [0.717, 1.165) is 33.3 Å². The molecule has 3 aliphatic rings. The molecule has 3 heterocycles. The lowest BCUT2D eigenvalue weighted by atomic mass is 9.61. The van der Waals surface area contributed by atoms with Crippen LogP contribution >= 0.6 is 0 Å². The highest BCUT2D eigenvalue weighted by molar-refractivity contribution is 6.09. The minimum Gasteiger partial charge on any atom is -0.437 e. The first-order valence-electron chi connectivity index (χ1n) is 15.1. The third kappa shape index (κ3) is 3.36. The average Bonchev–Trinajstić information content (AvgIpc) is 3.38. The smallest absolute Gasteiger partial charge is 0.227 e. The van der Waals surface area contributed by atoms with E-state index in [-0.39, 0.29) is 11.8 Å². The third-order valence-electron chi connectivity index (χ3n) is 9.84. The van der Waals surface area contributed by atoms with E-state index in [0.29, 0.717) is 5.71 Å². The number of nitrogens with zero attached hydrogens (tertiary/aromatic N) is 2. The summed E-state index contributed by atoms with van der Waals surface area (Å²) in [5.41, 5.74) is 18.4. The molecule has 0 N–H and O–H groups in total. The van der Waals surface area contributed by atoms with E-state index in [1.165, 1.54) is 55.6 Å². The van der Waals surface area contributed by atoms with Crippen molar-refractivity contribution in [1.82, 2.24) is 4.98 Å². The van der Waals surface area contributed by atoms with Gasteiger partial charge in [-0.15, -0.1) is 0 Å². The molecule has 0 aliphatic heterocycles. The predicted octanol–water partition coefficient (Wildman–Crippen LogP) is 9.05. The van der Waals surface area contributed by atoms with E-state index in [4.69, 9.17) is 9.40 Å². The first-order chi connectivity index (χ1) is 21.0. The van der Waals surface area contributed by atoms with Crippen LogP contribution in [0.1, 0.15) is 62.0 Å². The van der Waals surface area contributed by atoms with Crippen molar-refractivity contribution >= 4 is 22.1 Å². The van der Waals surface area contributed by atoms with Gasteiger partial charge in [-0.2, -0.15) is 0 Å². The summed E-state index contributed by atoms with van der Waals surface area (Å²) in [6.45, 7) is 6.40. The number of furan rings is 1. The number of rotatable bonds is 2. The molecule has 206 valence electrons. The summed E-state index contributed by atoms with van der Waals surface area (Å²) in [5, 5.41) is 2.16. The number of benzene rings is 4. The molecule has 4 aromatic carbocycles. The van der Waals surface area contributed by atoms with Gasteiger partial charge in [0.1, 0.15) is 7.05 Å². The van der Waals surface area contributed by atoms with Gasteiger partial charge in [0, 0.05) is 39.9 Å². The zero-order valence-electron chi connectivity index (χ0n) is 24.8. The average molecular weight is 556 g/mol. The van der Waals surface area contributed by atoms with Crippen LogP contribution in [0.3, 0.4) is 0 Å². The molecule has 7 aromatic rings. The topological polar surface area (TPSA) is 29.9 Å². The van der Waals surface area contributed by atoms with Gasteiger partial charge in [-0.05, 0) is 89.0 Å². The van der Waals surface area contributed by atoms with Gasteiger partial charge in [-0.3, -0.25) is 0 Å². The van der Waals surface area contributed by atoms with Crippen molar-refractivity contribution in [2.24, 2.45) is 7.05 Å². The molecule has 3 aliphatic carbocycles. The van der Waals surface area contributed by atoms with Crippen LogP contribution in [0.25, 0.3) is 44.5 Å². The predicted molar refractivity (Wildman–Crippen MR) is 173 cm³/mol. The van der Waals surface area contributed by atoms with Crippen LogP contribution in [-0.2, 0) is 7.05 Å². The lowest BCUT2D eigenvalue weighted by Crippen LogP contribution is -2.31. The number of fused-ring (bicyclic) bond motifs is 3. The molecule has 0 saturated heterocycles. The summed E-state index contributed by atoms with van der Waals surface area (Å²) >= 11 is 0. The molecule has 3 heteroatoms. The van der Waals surface area contributed by atoms with Crippen molar-refractivity contribution in [3.05, 3.63) is 153 Å². The fraction of sp³-hybridized carbons (Fsp3) is 0.150. The summed E-state index contributed by atoms with van der Waals surface area (Å²) in [4.78, 5) is 4.70. The molecular formula is C40H31N2O+. The minimum atomic E-state index is 0.259. The summed E-state index contributed by atoms with van der Waals surface area (Å²) in [5.74, 6) is 0.548. The Labute approximate surface area is 251 Å². The minimum absolute atomic E-state index is 0.259. The number of aryl methyl sites for hydroxylation is 4. The maximum Gasteiger partial charge on any atom is 0.227 e. The van der Waals surface area contributed by atoms with Crippen molar-refractivity contribution in [1.29, 1.82) is 0 Å². The molecule has 3 nitrogen and oxygen atoms in total. The fourth-order valence-electron chi connectivity index (χ4n) is 7.91. The molecule has 0 atom stereocenters. The van der Waals surface area contributed by atoms with Gasteiger partial charge in [-0.1, -0.05) is 72.8 Å². The summed E-state index contributed by atoms with van der Waals surface area (Å²) < 4.78 is 8.72. The molecule has 3 aromatic heterocycles. The van der Waals surface area contributed by atoms with Gasteiger partial charge in [0.2, 0.25) is 11.4 Å². The van der Waals surface area contributed by atoms with E-state index < -0.39 is 0 Å². The Morgan fingerprint density at radius 1 is 0.628 bits per heavy atom. The van der Waals surface area contributed by atoms with Gasteiger partial charge in [0.05, 0.1) is 5.56 Å². The Morgan fingerprint density at radius 2 is 1.26 bits per heavy atom. The van der Waals surface area contributed by atoms with Crippen molar-refractivity contribution in [3.63, 3.8) is 0 Å². The maximum absolute atomic E-state index is 6.48. The van der Waals surface area contributed by atoms with Crippen LogP contribution in [0, 0.1) is 20.8 Å². The Kier molecular flexibility index (Phi) is 5.00. The molecule has 2 bridgehead atoms. The van der Waals surface area contributed by atoms with Crippen LogP contribution in [-0.4, -0.2) is 4.98 Å². The molecule has 0 radical (unpaired) electrons. The lowest BCUT2D eigenvalue weighted by Gasteiger charge is -2.42. The monoisotopic (exact) mass is 555 g/mol. The molecule has 0 amide bonds. The molecule has 0 spiro atoms. The second-order valence-corrected chi connectivity index (χ2v) is 12.4. The molecule has 43 heavy (non-hydrogen) atoms. The number of pyridine rings is 2. The summed E-state index contributed by atoms with van der Waals surface area (Å²) in [7, 11) is 2.13. The number of hydrogen-bond donors (Lipinski definition) is 0. The number of hydrogen-bond acceptors (Lipinski definition) is 2. The molecule has 10 rings (SSSR count). The second-order valence-electron chi connectivity index (χ2n) is 12.4. The van der Waals surface area contributed by atoms with Gasteiger partial charge in [0.15, 0.2) is 11.8 Å². The SMILES string of the molecule is Cc1ccc2c(n1)oc1c(-c3cc(-c4ccc5c(c4)C4c6ccccc6C5c5ccccc54)c(C)c[n+]3C)c(C)ccc12. The van der Waals surface area contributed by atoms with E-state index >= 15 is 0 Å². The highest BCUT2D eigenvalue weighted by Crippen LogP contribution is 2.56. The Balaban J connectivity index is 1.24. The number of aromatic nitrogens is 2. The van der Waals surface area contributed by atoms with E-state index in [9.17, 15) is 0 Å². The molecule has 0 unspecified atom stereocenters. The van der Waals surface area contributed by atoms with Crippen LogP contribution in [0.2, 0.25) is 0 Å². The largest absolute Gasteiger partial charge is 0.437 e. The Hall–Kier alpha value is -5.02. The zero-order valence-corrected chi connectivity index (χ0v) is 24.8. The molecule has 0 fully saturated rings. The second kappa shape index (κ2) is 8.75. The normalized spacial score (nSPS) is 16.4. The van der Waals surface area contributed by atoms with E-state index in [2.05, 4.69) is 129 Å². The first-order valence-corrected chi connectivity index (χ1v) is 15.1. The van der Waals surface area contributed by atoms with Gasteiger partial charge in [-0.25, -0.2) is 9.55 Å². The quantitative estimate of drug-likeness (QED) is 0.199. The summed E-state index contributed by atoms with van der Waals surface area (Å²) in [6, 6.07) is 36.2. The highest BCUT2D eigenvalue weighted by Gasteiger charge is 2.41. The first kappa shape index (κ1) is 24.6. The lowest BCUT2D eigenvalue weighted by molar-refractivity contribution is -0.660. The van der Waals surface area contributed by atoms with Gasteiger partial charge < -0.3 is 4.42 Å². The van der Waals surface area contributed by atoms with Crippen LogP contribution in [0.5, 0.6) is 0 Å². The van der Waals surface area contributed by atoms with E-state index in [1.807, 2.05) is 6.92 Å². The van der Waals surface area contributed by atoms with Crippen molar-refractivity contribution < 1.29 is 8.98 Å². The zero-order chi connectivity index (χ0) is 29.0. The van der Waals surface area contributed by atoms with Crippen molar-refractivity contribution in [2.75, 3.05) is 0 Å². The van der Waals surface area contributed by atoms with Crippen molar-refractivity contribution in [2.45, 2.75) is 32.6 Å².